The fourth-order valence-electron chi connectivity index (χ4n) is 4.95. The summed E-state index contributed by atoms with van der Waals surface area (Å²) < 4.78 is 0. The molecule has 4 aliphatic carbocycles. The number of carbonyl (C=O) groups excluding carboxylic acids is 1. The monoisotopic (exact) mass is 237 g/mol. The first-order chi connectivity index (χ1) is 7.67. The van der Waals surface area contributed by atoms with E-state index in [-0.39, 0.29) is 16.0 Å². The van der Waals surface area contributed by atoms with Crippen LogP contribution in [-0.2, 0) is 4.79 Å². The van der Waals surface area contributed by atoms with E-state index in [2.05, 4.69) is 12.2 Å². The van der Waals surface area contributed by atoms with Crippen molar-refractivity contribution in [3.63, 3.8) is 0 Å². The number of rotatable bonds is 0. The van der Waals surface area contributed by atoms with E-state index < -0.39 is 0 Å². The fraction of sp³-hybridized carbons (Fsp3) is 0.923. The minimum absolute atomic E-state index is 0.157. The van der Waals surface area contributed by atoms with Crippen LogP contribution >= 0.6 is 11.8 Å². The van der Waals surface area contributed by atoms with Gasteiger partial charge in [0.25, 0.3) is 0 Å². The van der Waals surface area contributed by atoms with Crippen LogP contribution in [0, 0.1) is 23.7 Å². The topological polar surface area (TPSA) is 29.1 Å². The third-order valence-electron chi connectivity index (χ3n) is 5.41. The van der Waals surface area contributed by atoms with Gasteiger partial charge in [-0.15, -0.1) is 11.8 Å². The molecule has 4 bridgehead atoms. The van der Waals surface area contributed by atoms with Gasteiger partial charge in [0.15, 0.2) is 0 Å². The zero-order valence-electron chi connectivity index (χ0n) is 9.74. The number of thioether (sulfide) groups is 1. The van der Waals surface area contributed by atoms with Crippen LogP contribution < -0.4 is 5.32 Å². The molecule has 1 aliphatic heterocycles. The summed E-state index contributed by atoms with van der Waals surface area (Å²) in [7, 11) is 0. The van der Waals surface area contributed by atoms with E-state index in [1.54, 1.807) is 0 Å². The second kappa shape index (κ2) is 2.98. The Morgan fingerprint density at radius 2 is 1.69 bits per heavy atom. The SMILES string of the molecule is C[C@@H]1SC2(NC1=O)C1CC3CC(C1)CC2C3. The Labute approximate surface area is 101 Å². The van der Waals surface area contributed by atoms with E-state index in [0.29, 0.717) is 0 Å². The zero-order chi connectivity index (χ0) is 10.9. The molecule has 88 valence electrons. The van der Waals surface area contributed by atoms with Crippen molar-refractivity contribution >= 4 is 17.7 Å². The normalized spacial score (nSPS) is 58.3. The molecular formula is C13H19NOS. The maximum Gasteiger partial charge on any atom is 0.234 e. The molecule has 5 fully saturated rings. The standard InChI is InChI=1S/C13H19NOS/c1-7-12(15)14-13(16-7)10-3-8-2-9(5-10)6-11(13)4-8/h7-11H,2-6H2,1H3,(H,14,15)/t7-,8?,9?,10?,11?,13?/m0/s1. The molecule has 2 nitrogen and oxygen atoms in total. The third-order valence-corrected chi connectivity index (χ3v) is 7.14. The lowest BCUT2D eigenvalue weighted by molar-refractivity contribution is -0.123. The molecule has 1 spiro atoms. The number of amides is 1. The van der Waals surface area contributed by atoms with Gasteiger partial charge in [-0.25, -0.2) is 0 Å². The van der Waals surface area contributed by atoms with Crippen molar-refractivity contribution in [3.05, 3.63) is 0 Å². The minimum Gasteiger partial charge on any atom is -0.340 e. The molecule has 3 heteroatoms. The van der Waals surface area contributed by atoms with E-state index in [0.717, 1.165) is 23.7 Å². The number of carbonyl (C=O) groups is 1. The van der Waals surface area contributed by atoms with Crippen LogP contribution in [-0.4, -0.2) is 16.0 Å². The summed E-state index contributed by atoms with van der Waals surface area (Å²) in [5, 5.41) is 3.56. The van der Waals surface area contributed by atoms with E-state index >= 15 is 0 Å². The van der Waals surface area contributed by atoms with Crippen LogP contribution in [0.2, 0.25) is 0 Å². The average Bonchev–Trinajstić information content (AvgIpc) is 2.52. The maximum absolute atomic E-state index is 11.8. The Kier molecular flexibility index (Phi) is 1.83. The molecule has 5 rings (SSSR count). The van der Waals surface area contributed by atoms with E-state index in [1.165, 1.54) is 32.1 Å². The lowest BCUT2D eigenvalue weighted by Crippen LogP contribution is -2.61. The van der Waals surface area contributed by atoms with Crippen molar-refractivity contribution in [1.82, 2.24) is 5.32 Å². The molecule has 1 atom stereocenters. The molecule has 0 radical (unpaired) electrons. The van der Waals surface area contributed by atoms with Crippen LogP contribution in [0.3, 0.4) is 0 Å². The molecule has 16 heavy (non-hydrogen) atoms. The summed E-state index contributed by atoms with van der Waals surface area (Å²) in [4.78, 5) is 12.0. The average molecular weight is 237 g/mol. The van der Waals surface area contributed by atoms with Gasteiger partial charge in [0, 0.05) is 0 Å². The lowest BCUT2D eigenvalue weighted by Gasteiger charge is -2.59. The molecule has 4 saturated carbocycles. The van der Waals surface area contributed by atoms with Gasteiger partial charge in [-0.05, 0) is 62.7 Å². The number of hydrogen-bond acceptors (Lipinski definition) is 2. The van der Waals surface area contributed by atoms with E-state index in [4.69, 9.17) is 0 Å². The third kappa shape index (κ3) is 1.08. The van der Waals surface area contributed by atoms with E-state index in [1.807, 2.05) is 11.8 Å². The zero-order valence-corrected chi connectivity index (χ0v) is 10.6. The van der Waals surface area contributed by atoms with Crippen LogP contribution in [0.1, 0.15) is 39.0 Å². The van der Waals surface area contributed by atoms with Gasteiger partial charge in [-0.3, -0.25) is 4.79 Å². The molecule has 1 heterocycles. The summed E-state index contributed by atoms with van der Waals surface area (Å²) in [5.74, 6) is 3.82. The summed E-state index contributed by atoms with van der Waals surface area (Å²) in [6, 6.07) is 0. The van der Waals surface area contributed by atoms with Crippen LogP contribution in [0.5, 0.6) is 0 Å². The first-order valence-electron chi connectivity index (χ1n) is 6.67. The molecule has 0 aromatic heterocycles. The summed E-state index contributed by atoms with van der Waals surface area (Å²) in [6.45, 7) is 2.07. The molecule has 5 aliphatic rings. The smallest absolute Gasteiger partial charge is 0.234 e. The Bertz CT molecular complexity index is 326. The van der Waals surface area contributed by atoms with Gasteiger partial charge in [-0.1, -0.05) is 0 Å². The number of nitrogens with one attached hydrogen (secondary N) is 1. The predicted molar refractivity (Wildman–Crippen MR) is 65.0 cm³/mol. The van der Waals surface area contributed by atoms with Crippen LogP contribution in [0.25, 0.3) is 0 Å². The first kappa shape index (κ1) is 9.81. The molecule has 1 saturated heterocycles. The Morgan fingerprint density at radius 3 is 2.12 bits per heavy atom. The molecule has 0 aromatic carbocycles. The summed E-state index contributed by atoms with van der Waals surface area (Å²) in [6.07, 6.45) is 7.01. The first-order valence-corrected chi connectivity index (χ1v) is 7.55. The highest BCUT2D eigenvalue weighted by molar-refractivity contribution is 8.02. The van der Waals surface area contributed by atoms with Crippen molar-refractivity contribution in [2.75, 3.05) is 0 Å². The van der Waals surface area contributed by atoms with Gasteiger partial charge in [-0.2, -0.15) is 0 Å². The second-order valence-corrected chi connectivity index (χ2v) is 7.97. The van der Waals surface area contributed by atoms with Gasteiger partial charge < -0.3 is 5.32 Å². The molecule has 0 aromatic rings. The lowest BCUT2D eigenvalue weighted by atomic mass is 9.53. The van der Waals surface area contributed by atoms with E-state index in [9.17, 15) is 4.79 Å². The van der Waals surface area contributed by atoms with Crippen molar-refractivity contribution < 1.29 is 4.79 Å². The summed E-state index contributed by atoms with van der Waals surface area (Å²) in [5.41, 5.74) is 0. The van der Waals surface area contributed by atoms with Crippen molar-refractivity contribution in [3.8, 4) is 0 Å². The highest BCUT2D eigenvalue weighted by Gasteiger charge is 2.61. The Balaban J connectivity index is 1.72. The van der Waals surface area contributed by atoms with Crippen molar-refractivity contribution in [2.24, 2.45) is 23.7 Å². The Morgan fingerprint density at radius 1 is 1.12 bits per heavy atom. The van der Waals surface area contributed by atoms with Crippen LogP contribution in [0.15, 0.2) is 0 Å². The number of hydrogen-bond donors (Lipinski definition) is 1. The van der Waals surface area contributed by atoms with Crippen LogP contribution in [0.4, 0.5) is 0 Å². The molecule has 0 unspecified atom stereocenters. The predicted octanol–water partition coefficient (Wildman–Crippen LogP) is 2.39. The van der Waals surface area contributed by atoms with Crippen molar-refractivity contribution in [2.45, 2.75) is 49.1 Å². The highest BCUT2D eigenvalue weighted by atomic mass is 32.2. The molecule has 1 N–H and O–H groups in total. The summed E-state index contributed by atoms with van der Waals surface area (Å²) >= 11 is 1.95. The Hall–Kier alpha value is -0.180. The minimum atomic E-state index is 0.157. The van der Waals surface area contributed by atoms with Gasteiger partial charge >= 0.3 is 0 Å². The van der Waals surface area contributed by atoms with Gasteiger partial charge in [0.05, 0.1) is 10.1 Å². The highest BCUT2D eigenvalue weighted by Crippen LogP contribution is 2.63. The molecule has 1 amide bonds. The fourth-order valence-corrected chi connectivity index (χ4v) is 6.63. The van der Waals surface area contributed by atoms with Gasteiger partial charge in [0.2, 0.25) is 5.91 Å². The second-order valence-electron chi connectivity index (χ2n) is 6.35. The quantitative estimate of drug-likeness (QED) is 0.701. The molecular weight excluding hydrogens is 218 g/mol. The van der Waals surface area contributed by atoms with Crippen molar-refractivity contribution in [1.29, 1.82) is 0 Å². The van der Waals surface area contributed by atoms with Gasteiger partial charge in [0.1, 0.15) is 0 Å². The largest absolute Gasteiger partial charge is 0.340 e. The maximum atomic E-state index is 11.8.